The van der Waals surface area contributed by atoms with E-state index >= 15 is 0 Å². The Labute approximate surface area is 131 Å². The molecule has 2 aromatic heterocycles. The van der Waals surface area contributed by atoms with E-state index in [2.05, 4.69) is 25.8 Å². The van der Waals surface area contributed by atoms with Gasteiger partial charge in [-0.25, -0.2) is 9.67 Å². The molecule has 3 aromatic rings. The van der Waals surface area contributed by atoms with E-state index in [-0.39, 0.29) is 5.91 Å². The highest BCUT2D eigenvalue weighted by Gasteiger charge is 2.22. The summed E-state index contributed by atoms with van der Waals surface area (Å²) < 4.78 is 1.48. The molecule has 3 rings (SSSR count). The lowest BCUT2D eigenvalue weighted by Gasteiger charge is -2.16. The lowest BCUT2D eigenvalue weighted by Crippen LogP contribution is -2.33. The summed E-state index contributed by atoms with van der Waals surface area (Å²) in [5.41, 5.74) is 1.05. The van der Waals surface area contributed by atoms with E-state index in [1.807, 2.05) is 35.7 Å². The quantitative estimate of drug-likeness (QED) is 0.739. The van der Waals surface area contributed by atoms with Crippen molar-refractivity contribution in [3.05, 3.63) is 58.8 Å². The van der Waals surface area contributed by atoms with E-state index in [0.717, 1.165) is 10.6 Å². The van der Waals surface area contributed by atoms with Crippen LogP contribution < -0.4 is 5.32 Å². The monoisotopic (exact) mass is 314 g/mol. The van der Waals surface area contributed by atoms with Gasteiger partial charge in [0.05, 0.1) is 6.54 Å². The van der Waals surface area contributed by atoms with E-state index in [9.17, 15) is 4.79 Å². The molecule has 1 aromatic carbocycles. The van der Waals surface area contributed by atoms with E-state index in [4.69, 9.17) is 0 Å². The average Bonchev–Trinajstić information content (AvgIpc) is 3.24. The van der Waals surface area contributed by atoms with Crippen LogP contribution in [0, 0.1) is 0 Å². The van der Waals surface area contributed by atoms with Gasteiger partial charge in [0.2, 0.25) is 5.91 Å². The molecule has 22 heavy (non-hydrogen) atoms. The number of hydrogen-bond donors (Lipinski definition) is 1. The third kappa shape index (κ3) is 3.53. The fraction of sp³-hybridized carbons (Fsp3) is 0.214. The number of benzene rings is 1. The van der Waals surface area contributed by atoms with Crippen molar-refractivity contribution in [1.82, 2.24) is 30.5 Å². The van der Waals surface area contributed by atoms with Crippen LogP contribution in [0.4, 0.5) is 0 Å². The molecule has 0 saturated carbocycles. The van der Waals surface area contributed by atoms with Crippen LogP contribution in [0.1, 0.15) is 16.6 Å². The third-order valence-corrected chi connectivity index (χ3v) is 3.94. The van der Waals surface area contributed by atoms with Crippen LogP contribution >= 0.6 is 11.3 Å². The second-order valence-corrected chi connectivity index (χ2v) is 5.62. The Bertz CT molecular complexity index is 698. The van der Waals surface area contributed by atoms with Gasteiger partial charge in [0.15, 0.2) is 0 Å². The number of hydrogen-bond acceptors (Lipinski definition) is 6. The Kier molecular flexibility index (Phi) is 4.50. The molecular formula is C14H14N6OS. The smallest absolute Gasteiger partial charge is 0.245 e. The zero-order valence-corrected chi connectivity index (χ0v) is 12.5. The van der Waals surface area contributed by atoms with Crippen LogP contribution in [0.15, 0.2) is 48.2 Å². The number of amides is 1. The molecule has 0 unspecified atom stereocenters. The fourth-order valence-electron chi connectivity index (χ4n) is 2.08. The standard InChI is InChI=1S/C14H14N6OS/c21-14(16-9-13-15-6-7-22-13)12(20-10-17-18-19-20)8-11-4-2-1-3-5-11/h1-7,10,12H,8-9H2,(H,16,21)/t12-/m1/s1. The molecule has 0 aliphatic heterocycles. The SMILES string of the molecule is O=C(NCc1nccs1)[C@@H](Cc1ccccc1)n1cnnn1. The first-order valence-corrected chi connectivity index (χ1v) is 7.63. The van der Waals surface area contributed by atoms with Crippen LogP contribution in [0.25, 0.3) is 0 Å². The van der Waals surface area contributed by atoms with Crippen LogP contribution in [-0.2, 0) is 17.8 Å². The van der Waals surface area contributed by atoms with Gasteiger partial charge in [0.1, 0.15) is 17.4 Å². The highest BCUT2D eigenvalue weighted by atomic mass is 32.1. The number of carbonyl (C=O) groups is 1. The van der Waals surface area contributed by atoms with E-state index < -0.39 is 6.04 Å². The molecule has 0 saturated heterocycles. The average molecular weight is 314 g/mol. The molecule has 0 radical (unpaired) electrons. The first-order valence-electron chi connectivity index (χ1n) is 6.75. The van der Waals surface area contributed by atoms with Crippen LogP contribution in [0.2, 0.25) is 0 Å². The molecule has 2 heterocycles. The molecule has 112 valence electrons. The Hall–Kier alpha value is -2.61. The molecule has 1 amide bonds. The van der Waals surface area contributed by atoms with Crippen molar-refractivity contribution in [2.45, 2.75) is 19.0 Å². The minimum absolute atomic E-state index is 0.133. The summed E-state index contributed by atoms with van der Waals surface area (Å²) in [6.07, 6.45) is 3.70. The van der Waals surface area contributed by atoms with Crippen LogP contribution in [-0.4, -0.2) is 31.1 Å². The van der Waals surface area contributed by atoms with E-state index in [1.165, 1.54) is 22.3 Å². The van der Waals surface area contributed by atoms with Gasteiger partial charge in [-0.15, -0.1) is 16.4 Å². The maximum atomic E-state index is 12.5. The first kappa shape index (κ1) is 14.3. The van der Waals surface area contributed by atoms with Gasteiger partial charge < -0.3 is 5.32 Å². The Morgan fingerprint density at radius 3 is 2.86 bits per heavy atom. The van der Waals surface area contributed by atoms with Gasteiger partial charge >= 0.3 is 0 Å². The van der Waals surface area contributed by atoms with Crippen molar-refractivity contribution >= 4 is 17.2 Å². The summed E-state index contributed by atoms with van der Waals surface area (Å²) in [6, 6.07) is 9.30. The summed E-state index contributed by atoms with van der Waals surface area (Å²) in [6.45, 7) is 0.407. The van der Waals surface area contributed by atoms with Crippen molar-refractivity contribution < 1.29 is 4.79 Å². The third-order valence-electron chi connectivity index (χ3n) is 3.16. The molecule has 0 spiro atoms. The predicted molar refractivity (Wildman–Crippen MR) is 81.0 cm³/mol. The van der Waals surface area contributed by atoms with Gasteiger partial charge in [0, 0.05) is 18.0 Å². The van der Waals surface area contributed by atoms with Crippen LogP contribution in [0.3, 0.4) is 0 Å². The minimum atomic E-state index is -0.489. The maximum absolute atomic E-state index is 12.5. The highest BCUT2D eigenvalue weighted by molar-refractivity contribution is 7.09. The van der Waals surface area contributed by atoms with Crippen molar-refractivity contribution in [2.75, 3.05) is 0 Å². The second kappa shape index (κ2) is 6.90. The number of nitrogens with one attached hydrogen (secondary N) is 1. The van der Waals surface area contributed by atoms with Gasteiger partial charge in [-0.3, -0.25) is 4.79 Å². The topological polar surface area (TPSA) is 85.6 Å². The molecule has 1 N–H and O–H groups in total. The number of aromatic nitrogens is 5. The zero-order valence-electron chi connectivity index (χ0n) is 11.7. The fourth-order valence-corrected chi connectivity index (χ4v) is 2.63. The molecule has 8 heteroatoms. The number of carbonyl (C=O) groups excluding carboxylic acids is 1. The van der Waals surface area contributed by atoms with Crippen molar-refractivity contribution in [2.24, 2.45) is 0 Å². The normalized spacial score (nSPS) is 12.0. The molecular weight excluding hydrogens is 300 g/mol. The lowest BCUT2D eigenvalue weighted by molar-refractivity contribution is -0.124. The summed E-state index contributed by atoms with van der Waals surface area (Å²) in [5.74, 6) is -0.133. The van der Waals surface area contributed by atoms with Crippen molar-refractivity contribution in [1.29, 1.82) is 0 Å². The molecule has 0 fully saturated rings. The summed E-state index contributed by atoms with van der Waals surface area (Å²) in [7, 11) is 0. The Balaban J connectivity index is 1.72. The lowest BCUT2D eigenvalue weighted by atomic mass is 10.1. The Morgan fingerprint density at radius 2 is 2.18 bits per heavy atom. The number of nitrogens with zero attached hydrogens (tertiary/aromatic N) is 5. The van der Waals surface area contributed by atoms with Crippen molar-refractivity contribution in [3.63, 3.8) is 0 Å². The molecule has 7 nitrogen and oxygen atoms in total. The first-order chi connectivity index (χ1) is 10.8. The highest BCUT2D eigenvalue weighted by Crippen LogP contribution is 2.13. The number of thiazole rings is 1. The zero-order chi connectivity index (χ0) is 15.2. The van der Waals surface area contributed by atoms with E-state index in [1.54, 1.807) is 6.20 Å². The minimum Gasteiger partial charge on any atom is -0.348 e. The summed E-state index contributed by atoms with van der Waals surface area (Å²) in [4.78, 5) is 16.6. The summed E-state index contributed by atoms with van der Waals surface area (Å²) >= 11 is 1.51. The van der Waals surface area contributed by atoms with Gasteiger partial charge in [0.25, 0.3) is 0 Å². The molecule has 1 atom stereocenters. The number of rotatable bonds is 6. The number of tetrazole rings is 1. The predicted octanol–water partition coefficient (Wildman–Crippen LogP) is 1.23. The van der Waals surface area contributed by atoms with Gasteiger partial charge in [-0.1, -0.05) is 30.3 Å². The van der Waals surface area contributed by atoms with E-state index in [0.29, 0.717) is 13.0 Å². The molecule has 0 aliphatic rings. The molecule has 0 bridgehead atoms. The Morgan fingerprint density at radius 1 is 1.32 bits per heavy atom. The maximum Gasteiger partial charge on any atom is 0.245 e. The van der Waals surface area contributed by atoms with Crippen molar-refractivity contribution in [3.8, 4) is 0 Å². The van der Waals surface area contributed by atoms with Gasteiger partial charge in [-0.05, 0) is 16.0 Å². The largest absolute Gasteiger partial charge is 0.348 e. The van der Waals surface area contributed by atoms with Crippen LogP contribution in [0.5, 0.6) is 0 Å². The second-order valence-electron chi connectivity index (χ2n) is 4.64. The van der Waals surface area contributed by atoms with Gasteiger partial charge in [-0.2, -0.15) is 0 Å². The summed E-state index contributed by atoms with van der Waals surface area (Å²) in [5, 5.41) is 16.7. The molecule has 0 aliphatic carbocycles.